The lowest BCUT2D eigenvalue weighted by Crippen LogP contribution is -2.11. The van der Waals surface area contributed by atoms with Gasteiger partial charge in [-0.25, -0.2) is 22.2 Å². The van der Waals surface area contributed by atoms with Crippen LogP contribution in [0.2, 0.25) is 0 Å². The van der Waals surface area contributed by atoms with Crippen LogP contribution in [0.3, 0.4) is 0 Å². The Morgan fingerprint density at radius 2 is 1.90 bits per heavy atom. The van der Waals surface area contributed by atoms with Crippen molar-refractivity contribution in [1.82, 2.24) is 4.98 Å². The van der Waals surface area contributed by atoms with Crippen molar-refractivity contribution in [3.8, 4) is 10.4 Å². The molecule has 1 atom stereocenters. The molecule has 11 heteroatoms. The highest BCUT2D eigenvalue weighted by atomic mass is 32.2. The van der Waals surface area contributed by atoms with Crippen LogP contribution in [-0.4, -0.2) is 30.7 Å². The lowest BCUT2D eigenvalue weighted by Gasteiger charge is -2.11. The number of primary amides is 1. The van der Waals surface area contributed by atoms with Gasteiger partial charge in [-0.3, -0.25) is 4.79 Å². The minimum atomic E-state index is -3.57. The van der Waals surface area contributed by atoms with Crippen LogP contribution in [0.4, 0.5) is 19.6 Å². The molecule has 0 bridgehead atoms. The second-order valence-electron chi connectivity index (χ2n) is 6.76. The molecule has 2 heterocycles. The fraction of sp³-hybridized carbons (Fsp3) is 0.200. The molecule has 1 amide bonds. The SMILES string of the molecule is CCC(O)c1cc(F)c(-c2cc(C(N)=O)c(Nc3cccc(S(C)(=O)=O)n3)s2)c(F)c1. The molecule has 31 heavy (non-hydrogen) atoms. The molecule has 3 aromatic rings. The average Bonchev–Trinajstić information content (AvgIpc) is 3.09. The molecular weight excluding hydrogens is 448 g/mol. The van der Waals surface area contributed by atoms with Gasteiger partial charge < -0.3 is 16.2 Å². The summed E-state index contributed by atoms with van der Waals surface area (Å²) >= 11 is 0.854. The van der Waals surface area contributed by atoms with Crippen LogP contribution in [-0.2, 0) is 9.84 Å². The molecule has 1 aromatic carbocycles. The van der Waals surface area contributed by atoms with Crippen molar-refractivity contribution in [3.63, 3.8) is 0 Å². The first kappa shape index (κ1) is 22.8. The molecule has 0 spiro atoms. The van der Waals surface area contributed by atoms with E-state index < -0.39 is 33.5 Å². The maximum Gasteiger partial charge on any atom is 0.251 e. The molecule has 0 radical (unpaired) electrons. The van der Waals surface area contributed by atoms with E-state index in [-0.39, 0.29) is 43.8 Å². The number of aromatic nitrogens is 1. The predicted molar refractivity (Wildman–Crippen MR) is 114 cm³/mol. The normalized spacial score (nSPS) is 12.5. The van der Waals surface area contributed by atoms with Crippen molar-refractivity contribution >= 4 is 37.9 Å². The number of anilines is 2. The fourth-order valence-corrected chi connectivity index (χ4v) is 4.56. The second kappa shape index (κ2) is 8.69. The summed E-state index contributed by atoms with van der Waals surface area (Å²) in [5.74, 6) is -2.53. The standard InChI is InChI=1S/C20H19F2N3O4S2/c1-3-14(26)10-7-12(21)18(13(22)8-10)15-9-11(19(23)27)20(30-15)25-16-5-4-6-17(24-16)31(2,28)29/h4-9,14,26H,3H2,1-2H3,(H2,23,27)(H,24,25). The monoisotopic (exact) mass is 467 g/mol. The maximum absolute atomic E-state index is 14.7. The second-order valence-corrected chi connectivity index (χ2v) is 9.77. The Morgan fingerprint density at radius 3 is 2.45 bits per heavy atom. The Morgan fingerprint density at radius 1 is 1.26 bits per heavy atom. The number of hydrogen-bond acceptors (Lipinski definition) is 7. The predicted octanol–water partition coefficient (Wildman–Crippen LogP) is 3.78. The number of carbonyl (C=O) groups excluding carboxylic acids is 1. The van der Waals surface area contributed by atoms with Crippen LogP contribution in [0.1, 0.15) is 35.4 Å². The molecule has 0 aliphatic rings. The Balaban J connectivity index is 2.06. The van der Waals surface area contributed by atoms with Crippen LogP contribution in [0.15, 0.2) is 41.4 Å². The van der Waals surface area contributed by atoms with E-state index in [1.54, 1.807) is 6.92 Å². The lowest BCUT2D eigenvalue weighted by atomic mass is 10.0. The maximum atomic E-state index is 14.7. The third kappa shape index (κ3) is 4.89. The van der Waals surface area contributed by atoms with Crippen LogP contribution in [0.5, 0.6) is 0 Å². The number of thiophene rings is 1. The summed E-state index contributed by atoms with van der Waals surface area (Å²) in [6, 6.07) is 7.57. The molecule has 3 rings (SSSR count). The lowest BCUT2D eigenvalue weighted by molar-refractivity contribution is 0.100. The summed E-state index contributed by atoms with van der Waals surface area (Å²) in [5, 5.41) is 12.6. The highest BCUT2D eigenvalue weighted by Crippen LogP contribution is 2.40. The number of nitrogens with one attached hydrogen (secondary N) is 1. The first-order valence-electron chi connectivity index (χ1n) is 9.06. The number of carbonyl (C=O) groups is 1. The van der Waals surface area contributed by atoms with Gasteiger partial charge in [0.05, 0.1) is 17.2 Å². The molecule has 0 aliphatic heterocycles. The highest BCUT2D eigenvalue weighted by molar-refractivity contribution is 7.90. The molecule has 0 aliphatic carbocycles. The zero-order chi connectivity index (χ0) is 22.9. The number of sulfone groups is 1. The van der Waals surface area contributed by atoms with Gasteiger partial charge in [0.2, 0.25) is 0 Å². The Labute approximate surface area is 181 Å². The molecular formula is C20H19F2N3O4S2. The van der Waals surface area contributed by atoms with Crippen LogP contribution in [0, 0.1) is 11.6 Å². The first-order valence-corrected chi connectivity index (χ1v) is 11.8. The summed E-state index contributed by atoms with van der Waals surface area (Å²) in [5.41, 5.74) is 5.10. The van der Waals surface area contributed by atoms with Crippen molar-refractivity contribution in [2.24, 2.45) is 5.73 Å². The van der Waals surface area contributed by atoms with E-state index in [9.17, 15) is 27.1 Å². The zero-order valence-corrected chi connectivity index (χ0v) is 18.2. The Bertz CT molecular complexity index is 1240. The summed E-state index contributed by atoms with van der Waals surface area (Å²) in [6.07, 6.45) is 0.284. The number of benzene rings is 1. The number of pyridine rings is 1. The van der Waals surface area contributed by atoms with Gasteiger partial charge in [-0.1, -0.05) is 13.0 Å². The van der Waals surface area contributed by atoms with Gasteiger partial charge in [0.1, 0.15) is 22.5 Å². The molecule has 0 saturated carbocycles. The van der Waals surface area contributed by atoms with E-state index in [0.717, 1.165) is 29.7 Å². The summed E-state index contributed by atoms with van der Waals surface area (Å²) < 4.78 is 52.8. The molecule has 2 aromatic heterocycles. The van der Waals surface area contributed by atoms with Crippen molar-refractivity contribution in [2.75, 3.05) is 11.6 Å². The summed E-state index contributed by atoms with van der Waals surface area (Å²) in [6.45, 7) is 1.68. The van der Waals surface area contributed by atoms with Gasteiger partial charge in [0, 0.05) is 11.1 Å². The molecule has 1 unspecified atom stereocenters. The van der Waals surface area contributed by atoms with Gasteiger partial charge in [0.15, 0.2) is 14.9 Å². The van der Waals surface area contributed by atoms with Crippen molar-refractivity contribution in [2.45, 2.75) is 24.5 Å². The van der Waals surface area contributed by atoms with E-state index in [2.05, 4.69) is 10.3 Å². The summed E-state index contributed by atoms with van der Waals surface area (Å²) in [7, 11) is -3.57. The van der Waals surface area contributed by atoms with Crippen molar-refractivity contribution in [3.05, 3.63) is 59.2 Å². The number of aliphatic hydroxyl groups is 1. The van der Waals surface area contributed by atoms with E-state index in [4.69, 9.17) is 5.73 Å². The fourth-order valence-electron chi connectivity index (χ4n) is 2.85. The highest BCUT2D eigenvalue weighted by Gasteiger charge is 2.22. The number of nitrogens with two attached hydrogens (primary N) is 1. The van der Waals surface area contributed by atoms with Crippen molar-refractivity contribution < 1.29 is 27.1 Å². The molecule has 0 fully saturated rings. The minimum Gasteiger partial charge on any atom is -0.388 e. The molecule has 7 nitrogen and oxygen atoms in total. The number of rotatable bonds is 7. The summed E-state index contributed by atoms with van der Waals surface area (Å²) in [4.78, 5) is 15.9. The Hall–Kier alpha value is -2.89. The van der Waals surface area contributed by atoms with Crippen LogP contribution in [0.25, 0.3) is 10.4 Å². The Kier molecular flexibility index (Phi) is 6.39. The first-order chi connectivity index (χ1) is 14.5. The molecule has 0 saturated heterocycles. The van der Waals surface area contributed by atoms with E-state index >= 15 is 0 Å². The van der Waals surface area contributed by atoms with E-state index in [0.29, 0.717) is 0 Å². The number of halogens is 2. The third-order valence-electron chi connectivity index (χ3n) is 4.42. The van der Waals surface area contributed by atoms with Crippen LogP contribution < -0.4 is 11.1 Å². The topological polar surface area (TPSA) is 122 Å². The van der Waals surface area contributed by atoms with Crippen LogP contribution >= 0.6 is 11.3 Å². The van der Waals surface area contributed by atoms with E-state index in [1.807, 2.05) is 0 Å². The van der Waals surface area contributed by atoms with E-state index in [1.165, 1.54) is 24.3 Å². The quantitative estimate of drug-likeness (QED) is 0.486. The number of aliphatic hydroxyl groups excluding tert-OH is 1. The van der Waals surface area contributed by atoms with Gasteiger partial charge in [-0.15, -0.1) is 11.3 Å². The number of amides is 1. The number of hydrogen-bond donors (Lipinski definition) is 3. The van der Waals surface area contributed by atoms with Gasteiger partial charge in [0.25, 0.3) is 5.91 Å². The van der Waals surface area contributed by atoms with Gasteiger partial charge in [-0.05, 0) is 42.3 Å². The average molecular weight is 468 g/mol. The van der Waals surface area contributed by atoms with Crippen molar-refractivity contribution in [1.29, 1.82) is 0 Å². The smallest absolute Gasteiger partial charge is 0.251 e. The minimum absolute atomic E-state index is 0.0389. The van der Waals surface area contributed by atoms with Gasteiger partial charge >= 0.3 is 0 Å². The van der Waals surface area contributed by atoms with Gasteiger partial charge in [-0.2, -0.15) is 0 Å². The molecule has 164 valence electrons. The molecule has 4 N–H and O–H groups in total. The number of nitrogens with zero attached hydrogens (tertiary/aromatic N) is 1. The third-order valence-corrected chi connectivity index (χ3v) is 6.48. The zero-order valence-electron chi connectivity index (χ0n) is 16.5. The largest absolute Gasteiger partial charge is 0.388 e.